The first-order chi connectivity index (χ1) is 23.2. The molecule has 2 heterocycles. The van der Waals surface area contributed by atoms with Crippen molar-refractivity contribution in [3.63, 3.8) is 0 Å². The molecule has 0 saturated carbocycles. The first-order valence-electron chi connectivity index (χ1n) is 15.2. The van der Waals surface area contributed by atoms with E-state index in [1.807, 2.05) is 81.4 Å². The number of hydrogen-bond acceptors (Lipinski definition) is 7. The van der Waals surface area contributed by atoms with Crippen LogP contribution in [-0.4, -0.2) is 27.3 Å². The molecule has 0 radical (unpaired) electrons. The molecule has 0 saturated heterocycles. The van der Waals surface area contributed by atoms with E-state index in [4.69, 9.17) is 42.8 Å². The van der Waals surface area contributed by atoms with Crippen LogP contribution in [0.25, 0.3) is 0 Å². The zero-order valence-electron chi connectivity index (χ0n) is 26.4. The highest BCUT2D eigenvalue weighted by molar-refractivity contribution is 7.98. The minimum Gasteiger partial charge on any atom is -0.490 e. The van der Waals surface area contributed by atoms with Gasteiger partial charge in [-0.3, -0.25) is 4.79 Å². The number of carbonyl (C=O) groups is 1. The summed E-state index contributed by atoms with van der Waals surface area (Å²) in [6.45, 7) is 5.91. The Hall–Kier alpha value is -4.51. The number of allylic oxidation sites excluding steroid dienone is 1. The van der Waals surface area contributed by atoms with Crippen molar-refractivity contribution in [1.82, 2.24) is 14.8 Å². The van der Waals surface area contributed by atoms with Crippen LogP contribution in [0, 0.1) is 12.7 Å². The van der Waals surface area contributed by atoms with Gasteiger partial charge in [-0.1, -0.05) is 77.4 Å². The van der Waals surface area contributed by atoms with Gasteiger partial charge in [-0.25, -0.2) is 9.07 Å². The van der Waals surface area contributed by atoms with Crippen LogP contribution in [0.4, 0.5) is 16.0 Å². The quantitative estimate of drug-likeness (QED) is 0.133. The Kier molecular flexibility index (Phi) is 10.2. The third kappa shape index (κ3) is 7.31. The summed E-state index contributed by atoms with van der Waals surface area (Å²) in [5.74, 6) is 1.11. The lowest BCUT2D eigenvalue weighted by atomic mass is 9.94. The largest absolute Gasteiger partial charge is 0.490 e. The molecular weight excluding hydrogens is 672 g/mol. The molecule has 1 aliphatic rings. The summed E-state index contributed by atoms with van der Waals surface area (Å²) in [4.78, 5) is 18.8. The van der Waals surface area contributed by atoms with Crippen LogP contribution in [0.2, 0.25) is 10.0 Å². The molecular formula is C36H32Cl2FN5O3S. The van der Waals surface area contributed by atoms with E-state index in [0.717, 1.165) is 11.1 Å². The van der Waals surface area contributed by atoms with Gasteiger partial charge in [0.15, 0.2) is 11.5 Å². The molecule has 1 amide bonds. The molecule has 0 aliphatic carbocycles. The van der Waals surface area contributed by atoms with Crippen LogP contribution in [0.5, 0.6) is 11.5 Å². The number of anilines is 2. The summed E-state index contributed by atoms with van der Waals surface area (Å²) in [5, 5.41) is 12.6. The molecule has 8 nitrogen and oxygen atoms in total. The average molecular weight is 705 g/mol. The molecule has 48 heavy (non-hydrogen) atoms. The highest BCUT2D eigenvalue weighted by atomic mass is 35.5. The van der Waals surface area contributed by atoms with Crippen molar-refractivity contribution in [1.29, 1.82) is 0 Å². The van der Waals surface area contributed by atoms with Gasteiger partial charge < -0.3 is 20.1 Å². The van der Waals surface area contributed by atoms with Crippen molar-refractivity contribution in [3.8, 4) is 11.5 Å². The van der Waals surface area contributed by atoms with Crippen LogP contribution in [0.15, 0.2) is 101 Å². The first-order valence-corrected chi connectivity index (χ1v) is 17.0. The Balaban J connectivity index is 1.37. The van der Waals surface area contributed by atoms with Crippen molar-refractivity contribution in [2.24, 2.45) is 0 Å². The number of ether oxygens (including phenoxy) is 2. The molecule has 0 spiro atoms. The Morgan fingerprint density at radius 3 is 2.54 bits per heavy atom. The fourth-order valence-corrected chi connectivity index (χ4v) is 6.71. The van der Waals surface area contributed by atoms with Crippen LogP contribution in [-0.2, 0) is 17.2 Å². The Morgan fingerprint density at radius 2 is 1.77 bits per heavy atom. The molecule has 0 bridgehead atoms. The summed E-state index contributed by atoms with van der Waals surface area (Å²) in [6.07, 6.45) is 0. The minimum absolute atomic E-state index is 0.0966. The van der Waals surface area contributed by atoms with Gasteiger partial charge >= 0.3 is 0 Å². The smallest absolute Gasteiger partial charge is 0.255 e. The molecule has 12 heteroatoms. The number of thioether (sulfide) groups is 1. The van der Waals surface area contributed by atoms with Gasteiger partial charge in [0.2, 0.25) is 11.1 Å². The van der Waals surface area contributed by atoms with E-state index in [0.29, 0.717) is 62.5 Å². The second kappa shape index (κ2) is 14.7. The van der Waals surface area contributed by atoms with Gasteiger partial charge in [-0.15, -0.1) is 5.10 Å². The average Bonchev–Trinajstić information content (AvgIpc) is 3.46. The van der Waals surface area contributed by atoms with Crippen LogP contribution in [0.3, 0.4) is 0 Å². The van der Waals surface area contributed by atoms with E-state index in [1.54, 1.807) is 22.9 Å². The molecule has 2 N–H and O–H groups in total. The fraction of sp³-hybridized carbons (Fsp3) is 0.194. The molecule has 4 aromatic carbocycles. The van der Waals surface area contributed by atoms with Crippen LogP contribution >= 0.6 is 35.0 Å². The van der Waals surface area contributed by atoms with Gasteiger partial charge in [0, 0.05) is 27.7 Å². The zero-order valence-corrected chi connectivity index (χ0v) is 28.7. The number of nitrogens with zero attached hydrogens (tertiary/aromatic N) is 3. The van der Waals surface area contributed by atoms with Crippen molar-refractivity contribution < 1.29 is 18.7 Å². The number of aromatic nitrogens is 3. The second-order valence-electron chi connectivity index (χ2n) is 11.1. The Labute approximate surface area is 292 Å². The lowest BCUT2D eigenvalue weighted by Crippen LogP contribution is -2.31. The molecule has 0 fully saturated rings. The topological polar surface area (TPSA) is 90.3 Å². The van der Waals surface area contributed by atoms with Crippen LogP contribution < -0.4 is 20.1 Å². The van der Waals surface area contributed by atoms with E-state index < -0.39 is 11.9 Å². The number of hydrogen-bond donors (Lipinski definition) is 2. The predicted molar refractivity (Wildman–Crippen MR) is 189 cm³/mol. The molecule has 6 rings (SSSR count). The number of benzene rings is 4. The standard InChI is InChI=1S/C36H32Cl2FN5O3S/c1-4-46-31-18-23(15-16-30(31)47-19-26-28(38)13-8-14-29(26)39)33-32(34(45)41-25-11-7-9-21(2)17-25)22(3)40-35-42-36(43-44(33)35)48-20-24-10-5-6-12-27(24)37/h5-18,33H,4,19-20H2,1-3H3,(H,41,45)(H,40,42,43). The number of nitrogens with one attached hydrogen (secondary N) is 2. The van der Waals surface area contributed by atoms with E-state index in [1.165, 1.54) is 17.8 Å². The maximum absolute atomic E-state index is 14.5. The molecule has 246 valence electrons. The van der Waals surface area contributed by atoms with Gasteiger partial charge in [0.05, 0.1) is 17.2 Å². The fourth-order valence-electron chi connectivity index (χ4n) is 5.38. The zero-order chi connectivity index (χ0) is 33.8. The van der Waals surface area contributed by atoms with Crippen molar-refractivity contribution >= 4 is 52.5 Å². The number of halogens is 3. The van der Waals surface area contributed by atoms with Crippen molar-refractivity contribution in [2.45, 2.75) is 44.3 Å². The Bertz CT molecular complexity index is 2000. The van der Waals surface area contributed by atoms with E-state index >= 15 is 0 Å². The molecule has 1 unspecified atom stereocenters. The monoisotopic (exact) mass is 703 g/mol. The number of fused-ring (bicyclic) bond motifs is 1. The summed E-state index contributed by atoms with van der Waals surface area (Å²) in [6, 6.07) is 24.5. The third-order valence-electron chi connectivity index (χ3n) is 7.69. The lowest BCUT2D eigenvalue weighted by molar-refractivity contribution is -0.113. The first kappa shape index (κ1) is 33.4. The van der Waals surface area contributed by atoms with Crippen molar-refractivity contribution in [3.05, 3.63) is 134 Å². The number of amides is 1. The maximum atomic E-state index is 14.5. The van der Waals surface area contributed by atoms with Gasteiger partial charge in [-0.05, 0) is 79.9 Å². The normalized spacial score (nSPS) is 13.9. The molecule has 1 aromatic heterocycles. The highest BCUT2D eigenvalue weighted by Gasteiger charge is 2.35. The number of aryl methyl sites for hydroxylation is 1. The SMILES string of the molecule is CCOc1cc(C2C(C(=O)Nc3cccc(C)c3)=C(C)Nc3nc(SCc4ccccc4Cl)nn32)ccc1OCc1c(F)cccc1Cl. The highest BCUT2D eigenvalue weighted by Crippen LogP contribution is 2.41. The van der Waals surface area contributed by atoms with Crippen molar-refractivity contribution in [2.75, 3.05) is 17.2 Å². The number of rotatable bonds is 11. The molecule has 1 atom stereocenters. The minimum atomic E-state index is -0.678. The maximum Gasteiger partial charge on any atom is 0.255 e. The summed E-state index contributed by atoms with van der Waals surface area (Å²) in [5.41, 5.74) is 4.67. The van der Waals surface area contributed by atoms with Gasteiger partial charge in [0.25, 0.3) is 5.91 Å². The third-order valence-corrected chi connectivity index (χ3v) is 9.29. The van der Waals surface area contributed by atoms with Gasteiger partial charge in [0.1, 0.15) is 18.5 Å². The molecule has 1 aliphatic heterocycles. The van der Waals surface area contributed by atoms with E-state index in [2.05, 4.69) is 10.6 Å². The van der Waals surface area contributed by atoms with E-state index in [9.17, 15) is 9.18 Å². The lowest BCUT2D eigenvalue weighted by Gasteiger charge is -2.29. The van der Waals surface area contributed by atoms with E-state index in [-0.39, 0.29) is 23.1 Å². The predicted octanol–water partition coefficient (Wildman–Crippen LogP) is 9.23. The molecule has 5 aromatic rings. The van der Waals surface area contributed by atoms with Gasteiger partial charge in [-0.2, -0.15) is 4.98 Å². The summed E-state index contributed by atoms with van der Waals surface area (Å²) in [7, 11) is 0. The van der Waals surface area contributed by atoms with Crippen LogP contribution in [0.1, 0.15) is 42.1 Å². The summed E-state index contributed by atoms with van der Waals surface area (Å²) < 4.78 is 28.2. The second-order valence-corrected chi connectivity index (χ2v) is 12.8. The summed E-state index contributed by atoms with van der Waals surface area (Å²) >= 11 is 14.1. The number of carbonyl (C=O) groups excluding carboxylic acids is 1. The Morgan fingerprint density at radius 1 is 0.979 bits per heavy atom.